The lowest BCUT2D eigenvalue weighted by atomic mass is 10.1. The van der Waals surface area contributed by atoms with Gasteiger partial charge >= 0.3 is 0 Å². The molecular formula is C11H13BrClFO. The van der Waals surface area contributed by atoms with Gasteiger partial charge in [0.25, 0.3) is 0 Å². The Bertz CT molecular complexity index is 366. The average molecular weight is 296 g/mol. The Morgan fingerprint density at radius 1 is 1.53 bits per heavy atom. The van der Waals surface area contributed by atoms with E-state index in [0.717, 1.165) is 12.0 Å². The normalized spacial score (nSPS) is 10.9. The monoisotopic (exact) mass is 294 g/mol. The molecule has 0 spiro atoms. The van der Waals surface area contributed by atoms with Crippen LogP contribution in [0.1, 0.15) is 26.3 Å². The number of rotatable bonds is 3. The van der Waals surface area contributed by atoms with Crippen LogP contribution < -0.4 is 4.74 Å². The van der Waals surface area contributed by atoms with Gasteiger partial charge in [0, 0.05) is 0 Å². The largest absolute Gasteiger partial charge is 0.489 e. The van der Waals surface area contributed by atoms with Crippen molar-refractivity contribution in [3.63, 3.8) is 0 Å². The van der Waals surface area contributed by atoms with Crippen molar-refractivity contribution in [1.29, 1.82) is 0 Å². The lowest BCUT2D eigenvalue weighted by Gasteiger charge is -2.16. The zero-order valence-electron chi connectivity index (χ0n) is 8.90. The first-order valence-corrected chi connectivity index (χ1v) is 5.97. The molecule has 0 fully saturated rings. The molecule has 15 heavy (non-hydrogen) atoms. The van der Waals surface area contributed by atoms with Gasteiger partial charge in [0.1, 0.15) is 5.75 Å². The highest BCUT2D eigenvalue weighted by Crippen LogP contribution is 2.36. The molecule has 84 valence electrons. The Morgan fingerprint density at radius 3 is 2.60 bits per heavy atom. The molecule has 1 aromatic rings. The van der Waals surface area contributed by atoms with Gasteiger partial charge in [-0.1, -0.05) is 18.5 Å². The molecule has 0 radical (unpaired) electrons. The van der Waals surface area contributed by atoms with E-state index in [1.165, 1.54) is 0 Å². The molecule has 0 saturated carbocycles. The van der Waals surface area contributed by atoms with Crippen LogP contribution in [0.4, 0.5) is 4.39 Å². The summed E-state index contributed by atoms with van der Waals surface area (Å²) in [4.78, 5) is 0. The molecule has 0 aliphatic rings. The summed E-state index contributed by atoms with van der Waals surface area (Å²) < 4.78 is 19.4. The summed E-state index contributed by atoms with van der Waals surface area (Å²) in [6, 6.07) is 1.61. The minimum Gasteiger partial charge on any atom is -0.489 e. The highest BCUT2D eigenvalue weighted by molar-refractivity contribution is 9.10. The molecule has 4 heteroatoms. The summed E-state index contributed by atoms with van der Waals surface area (Å²) in [5, 5.41) is 0.120. The van der Waals surface area contributed by atoms with Crippen molar-refractivity contribution >= 4 is 27.5 Å². The van der Waals surface area contributed by atoms with E-state index in [1.54, 1.807) is 6.07 Å². The van der Waals surface area contributed by atoms with Gasteiger partial charge < -0.3 is 4.74 Å². The molecule has 0 aliphatic heterocycles. The maximum absolute atomic E-state index is 13.5. The Labute approximate surface area is 103 Å². The van der Waals surface area contributed by atoms with Gasteiger partial charge in [-0.25, -0.2) is 4.39 Å². The second-order valence-corrected chi connectivity index (χ2v) is 4.69. The summed E-state index contributed by atoms with van der Waals surface area (Å²) in [6.45, 7) is 5.78. The van der Waals surface area contributed by atoms with Crippen molar-refractivity contribution in [2.75, 3.05) is 0 Å². The summed E-state index contributed by atoms with van der Waals surface area (Å²) in [5.74, 6) is 0.0823. The van der Waals surface area contributed by atoms with Crippen LogP contribution in [0.25, 0.3) is 0 Å². The molecule has 0 heterocycles. The van der Waals surface area contributed by atoms with Crippen molar-refractivity contribution in [1.82, 2.24) is 0 Å². The third-order valence-corrected chi connectivity index (χ3v) is 2.91. The molecule has 1 rings (SSSR count). The number of hydrogen-bond donors (Lipinski definition) is 0. The fraction of sp³-hybridized carbons (Fsp3) is 0.455. The number of hydrogen-bond acceptors (Lipinski definition) is 1. The van der Waals surface area contributed by atoms with Crippen molar-refractivity contribution in [3.05, 3.63) is 26.9 Å². The molecule has 0 bridgehead atoms. The topological polar surface area (TPSA) is 9.23 Å². The minimum absolute atomic E-state index is 0.00664. The molecule has 1 aromatic carbocycles. The number of halogens is 3. The van der Waals surface area contributed by atoms with Gasteiger partial charge in [0.05, 0.1) is 15.6 Å². The van der Waals surface area contributed by atoms with E-state index in [4.69, 9.17) is 16.3 Å². The zero-order chi connectivity index (χ0) is 11.6. The van der Waals surface area contributed by atoms with E-state index in [2.05, 4.69) is 15.9 Å². The molecule has 0 unspecified atom stereocenters. The Hall–Kier alpha value is -0.280. The molecule has 0 N–H and O–H groups in total. The van der Waals surface area contributed by atoms with Crippen molar-refractivity contribution < 1.29 is 9.13 Å². The van der Waals surface area contributed by atoms with E-state index in [1.807, 2.05) is 20.8 Å². The third kappa shape index (κ3) is 2.85. The maximum Gasteiger partial charge on any atom is 0.159 e. The van der Waals surface area contributed by atoms with Crippen LogP contribution in [0.3, 0.4) is 0 Å². The van der Waals surface area contributed by atoms with Gasteiger partial charge in [-0.05, 0) is 47.8 Å². The minimum atomic E-state index is -0.468. The first-order chi connectivity index (χ1) is 6.97. The Kier molecular flexibility index (Phi) is 4.41. The molecule has 0 aromatic heterocycles. The van der Waals surface area contributed by atoms with E-state index in [-0.39, 0.29) is 11.1 Å². The first-order valence-electron chi connectivity index (χ1n) is 4.80. The molecular weight excluding hydrogens is 282 g/mol. The van der Waals surface area contributed by atoms with Gasteiger partial charge in [-0.3, -0.25) is 0 Å². The lowest BCUT2D eigenvalue weighted by Crippen LogP contribution is -2.08. The summed E-state index contributed by atoms with van der Waals surface area (Å²) >= 11 is 8.91. The van der Waals surface area contributed by atoms with Crippen LogP contribution in [0.2, 0.25) is 5.02 Å². The zero-order valence-corrected chi connectivity index (χ0v) is 11.2. The van der Waals surface area contributed by atoms with E-state index >= 15 is 0 Å². The molecule has 0 aliphatic carbocycles. The average Bonchev–Trinajstić information content (AvgIpc) is 2.18. The van der Waals surface area contributed by atoms with Crippen molar-refractivity contribution in [2.24, 2.45) is 0 Å². The second-order valence-electron chi connectivity index (χ2n) is 3.49. The van der Waals surface area contributed by atoms with E-state index in [0.29, 0.717) is 10.2 Å². The van der Waals surface area contributed by atoms with Crippen LogP contribution in [-0.4, -0.2) is 6.10 Å². The maximum atomic E-state index is 13.5. The quantitative estimate of drug-likeness (QED) is 0.741. The second kappa shape index (κ2) is 5.17. The van der Waals surface area contributed by atoms with Crippen LogP contribution in [-0.2, 0) is 6.42 Å². The number of benzene rings is 1. The summed E-state index contributed by atoms with van der Waals surface area (Å²) in [5.41, 5.74) is 0.905. The summed E-state index contributed by atoms with van der Waals surface area (Å²) in [6.07, 6.45) is 0.757. The van der Waals surface area contributed by atoms with Gasteiger partial charge in [-0.15, -0.1) is 0 Å². The van der Waals surface area contributed by atoms with Gasteiger partial charge in [0.2, 0.25) is 0 Å². The van der Waals surface area contributed by atoms with Crippen molar-refractivity contribution in [3.8, 4) is 5.75 Å². The smallest absolute Gasteiger partial charge is 0.159 e. The van der Waals surface area contributed by atoms with E-state index < -0.39 is 5.82 Å². The predicted molar refractivity (Wildman–Crippen MR) is 64.3 cm³/mol. The van der Waals surface area contributed by atoms with Crippen LogP contribution in [0.15, 0.2) is 10.5 Å². The van der Waals surface area contributed by atoms with Crippen molar-refractivity contribution in [2.45, 2.75) is 33.3 Å². The van der Waals surface area contributed by atoms with Gasteiger partial charge in [0.15, 0.2) is 5.82 Å². The SMILES string of the molecule is CCc1cc(Cl)c(F)c(Br)c1OC(C)C. The highest BCUT2D eigenvalue weighted by atomic mass is 79.9. The van der Waals surface area contributed by atoms with E-state index in [9.17, 15) is 4.39 Å². The number of ether oxygens (including phenoxy) is 1. The third-order valence-electron chi connectivity index (χ3n) is 1.93. The van der Waals surface area contributed by atoms with Crippen LogP contribution in [0, 0.1) is 5.82 Å². The lowest BCUT2D eigenvalue weighted by molar-refractivity contribution is 0.237. The van der Waals surface area contributed by atoms with Crippen LogP contribution >= 0.6 is 27.5 Å². The molecule has 1 nitrogen and oxygen atoms in total. The van der Waals surface area contributed by atoms with Crippen LogP contribution in [0.5, 0.6) is 5.75 Å². The number of aryl methyl sites for hydroxylation is 1. The predicted octanol–water partition coefficient (Wildman–Crippen LogP) is 4.59. The summed E-state index contributed by atoms with van der Waals surface area (Å²) in [7, 11) is 0. The Balaban J connectivity index is 3.27. The fourth-order valence-electron chi connectivity index (χ4n) is 1.25. The first kappa shape index (κ1) is 12.8. The highest BCUT2D eigenvalue weighted by Gasteiger charge is 2.16. The molecule has 0 saturated heterocycles. The van der Waals surface area contributed by atoms with Gasteiger partial charge in [-0.2, -0.15) is 0 Å². The Morgan fingerprint density at radius 2 is 2.13 bits per heavy atom. The standard InChI is InChI=1S/C11H13BrClFO/c1-4-7-5-8(13)10(14)9(12)11(7)15-6(2)3/h5-6H,4H2,1-3H3. The fourth-order valence-corrected chi connectivity index (χ4v) is 2.16. The molecule has 0 atom stereocenters. The molecule has 0 amide bonds.